The summed E-state index contributed by atoms with van der Waals surface area (Å²) in [5, 5.41) is 0. The van der Waals surface area contributed by atoms with Gasteiger partial charge in [0.05, 0.1) is 6.42 Å². The molecular weight excluding hydrogens is 213 g/mol. The summed E-state index contributed by atoms with van der Waals surface area (Å²) in [4.78, 5) is 0. The molecule has 0 spiro atoms. The maximum atomic E-state index is 12.2. The molecule has 1 aromatic rings. The van der Waals surface area contributed by atoms with Crippen LogP contribution in [-0.2, 0) is 0 Å². The van der Waals surface area contributed by atoms with Crippen LogP contribution in [0.5, 0.6) is 0 Å². The zero-order valence-corrected chi connectivity index (χ0v) is 9.43. The SMILES string of the molecule is C=C(c1ccc(C)cc1)C(C)CC(F)(F)F. The van der Waals surface area contributed by atoms with Crippen LogP contribution in [0.25, 0.3) is 5.57 Å². The number of alkyl halides is 3. The van der Waals surface area contributed by atoms with Crippen LogP contribution in [0, 0.1) is 12.8 Å². The second-order valence-corrected chi connectivity index (χ2v) is 4.11. The van der Waals surface area contributed by atoms with Crippen molar-refractivity contribution in [2.75, 3.05) is 0 Å². The maximum absolute atomic E-state index is 12.2. The fourth-order valence-corrected chi connectivity index (χ4v) is 1.52. The Balaban J connectivity index is 2.74. The number of hydrogen-bond acceptors (Lipinski definition) is 0. The van der Waals surface area contributed by atoms with E-state index >= 15 is 0 Å². The third kappa shape index (κ3) is 3.72. The summed E-state index contributed by atoms with van der Waals surface area (Å²) in [7, 11) is 0. The van der Waals surface area contributed by atoms with E-state index in [-0.39, 0.29) is 0 Å². The van der Waals surface area contributed by atoms with E-state index < -0.39 is 18.5 Å². The molecule has 0 fully saturated rings. The van der Waals surface area contributed by atoms with Crippen LogP contribution in [0.2, 0.25) is 0 Å². The number of benzene rings is 1. The van der Waals surface area contributed by atoms with Crippen molar-refractivity contribution in [3.05, 3.63) is 42.0 Å². The average Bonchev–Trinajstić information content (AvgIpc) is 2.15. The van der Waals surface area contributed by atoms with Crippen molar-refractivity contribution in [2.24, 2.45) is 5.92 Å². The smallest absolute Gasteiger partial charge is 0.171 e. The summed E-state index contributed by atoms with van der Waals surface area (Å²) >= 11 is 0. The van der Waals surface area contributed by atoms with Gasteiger partial charge in [0.15, 0.2) is 0 Å². The third-order valence-electron chi connectivity index (χ3n) is 2.55. The largest absolute Gasteiger partial charge is 0.389 e. The van der Waals surface area contributed by atoms with Crippen LogP contribution in [0.1, 0.15) is 24.5 Å². The number of rotatable bonds is 3. The Bertz CT molecular complexity index is 360. The van der Waals surface area contributed by atoms with Gasteiger partial charge in [0.25, 0.3) is 0 Å². The molecule has 0 saturated heterocycles. The maximum Gasteiger partial charge on any atom is 0.389 e. The topological polar surface area (TPSA) is 0 Å². The molecule has 0 amide bonds. The number of hydrogen-bond donors (Lipinski definition) is 0. The molecule has 0 N–H and O–H groups in total. The minimum Gasteiger partial charge on any atom is -0.171 e. The van der Waals surface area contributed by atoms with E-state index in [1.54, 1.807) is 6.92 Å². The Morgan fingerprint density at radius 3 is 2.19 bits per heavy atom. The Labute approximate surface area is 93.8 Å². The molecule has 1 aromatic carbocycles. The molecule has 1 atom stereocenters. The van der Waals surface area contributed by atoms with Gasteiger partial charge in [0.1, 0.15) is 0 Å². The van der Waals surface area contributed by atoms with Crippen molar-refractivity contribution >= 4 is 5.57 Å². The zero-order valence-electron chi connectivity index (χ0n) is 9.43. The molecule has 0 radical (unpaired) electrons. The van der Waals surface area contributed by atoms with Crippen molar-refractivity contribution in [3.8, 4) is 0 Å². The molecule has 0 saturated carbocycles. The van der Waals surface area contributed by atoms with Gasteiger partial charge in [-0.25, -0.2) is 0 Å². The third-order valence-corrected chi connectivity index (χ3v) is 2.55. The molecular formula is C13H15F3. The summed E-state index contributed by atoms with van der Waals surface area (Å²) in [6.07, 6.45) is -4.95. The summed E-state index contributed by atoms with van der Waals surface area (Å²) in [5.74, 6) is -0.581. The molecule has 0 heterocycles. The first-order valence-electron chi connectivity index (χ1n) is 5.12. The number of allylic oxidation sites excluding steroid dienone is 1. The lowest BCUT2D eigenvalue weighted by Crippen LogP contribution is -2.13. The van der Waals surface area contributed by atoms with Gasteiger partial charge in [-0.05, 0) is 24.0 Å². The standard InChI is InChI=1S/C13H15F3/c1-9-4-6-12(7-5-9)11(3)10(2)8-13(14,15)16/h4-7,10H,3,8H2,1-2H3. The predicted octanol–water partition coefficient (Wildman–Crippen LogP) is 4.60. The van der Waals surface area contributed by atoms with Gasteiger partial charge in [-0.1, -0.05) is 43.3 Å². The first-order valence-corrected chi connectivity index (χ1v) is 5.12. The van der Waals surface area contributed by atoms with Crippen molar-refractivity contribution < 1.29 is 13.2 Å². The van der Waals surface area contributed by atoms with Crippen LogP contribution in [0.4, 0.5) is 13.2 Å². The molecule has 1 rings (SSSR count). The molecule has 0 bridgehead atoms. The minimum atomic E-state index is -4.13. The minimum absolute atomic E-state index is 0.539. The van der Waals surface area contributed by atoms with E-state index in [0.717, 1.165) is 11.1 Å². The average molecular weight is 228 g/mol. The lowest BCUT2D eigenvalue weighted by molar-refractivity contribution is -0.139. The quantitative estimate of drug-likeness (QED) is 0.709. The summed E-state index contributed by atoms with van der Waals surface area (Å²) in [5.41, 5.74) is 2.40. The lowest BCUT2D eigenvalue weighted by atomic mass is 9.92. The fourth-order valence-electron chi connectivity index (χ4n) is 1.52. The highest BCUT2D eigenvalue weighted by Crippen LogP contribution is 2.32. The first kappa shape index (κ1) is 12.8. The van der Waals surface area contributed by atoms with Crippen LogP contribution in [0.3, 0.4) is 0 Å². The Morgan fingerprint density at radius 2 is 1.75 bits per heavy atom. The highest BCUT2D eigenvalue weighted by molar-refractivity contribution is 5.65. The molecule has 0 aromatic heterocycles. The number of aryl methyl sites for hydroxylation is 1. The summed E-state index contributed by atoms with van der Waals surface area (Å²) in [6, 6.07) is 7.37. The van der Waals surface area contributed by atoms with E-state index in [9.17, 15) is 13.2 Å². The van der Waals surface area contributed by atoms with Crippen molar-refractivity contribution in [2.45, 2.75) is 26.4 Å². The van der Waals surface area contributed by atoms with Gasteiger partial charge in [-0.3, -0.25) is 0 Å². The van der Waals surface area contributed by atoms with Gasteiger partial charge in [-0.2, -0.15) is 13.2 Å². The second-order valence-electron chi connectivity index (χ2n) is 4.11. The Kier molecular flexibility index (Phi) is 3.79. The molecule has 0 nitrogen and oxygen atoms in total. The van der Waals surface area contributed by atoms with Gasteiger partial charge >= 0.3 is 6.18 Å². The molecule has 16 heavy (non-hydrogen) atoms. The predicted molar refractivity (Wildman–Crippen MR) is 60.0 cm³/mol. The monoisotopic (exact) mass is 228 g/mol. The Hall–Kier alpha value is -1.25. The summed E-state index contributed by atoms with van der Waals surface area (Å²) in [6.45, 7) is 7.23. The van der Waals surface area contributed by atoms with E-state index in [1.807, 2.05) is 31.2 Å². The van der Waals surface area contributed by atoms with E-state index in [2.05, 4.69) is 6.58 Å². The van der Waals surface area contributed by atoms with E-state index in [4.69, 9.17) is 0 Å². The van der Waals surface area contributed by atoms with Crippen LogP contribution in [-0.4, -0.2) is 6.18 Å². The molecule has 0 aliphatic rings. The fraction of sp³-hybridized carbons (Fsp3) is 0.385. The van der Waals surface area contributed by atoms with Crippen molar-refractivity contribution in [3.63, 3.8) is 0 Å². The molecule has 3 heteroatoms. The van der Waals surface area contributed by atoms with Crippen LogP contribution >= 0.6 is 0 Å². The second kappa shape index (κ2) is 4.73. The van der Waals surface area contributed by atoms with Crippen molar-refractivity contribution in [1.29, 1.82) is 0 Å². The lowest BCUT2D eigenvalue weighted by Gasteiger charge is -2.17. The first-order chi connectivity index (χ1) is 7.29. The van der Waals surface area contributed by atoms with Gasteiger partial charge < -0.3 is 0 Å². The highest BCUT2D eigenvalue weighted by Gasteiger charge is 2.31. The van der Waals surface area contributed by atoms with Crippen molar-refractivity contribution in [1.82, 2.24) is 0 Å². The van der Waals surface area contributed by atoms with Gasteiger partial charge in [0, 0.05) is 0 Å². The molecule has 0 aliphatic heterocycles. The van der Waals surface area contributed by atoms with E-state index in [0.29, 0.717) is 5.57 Å². The molecule has 0 aliphatic carbocycles. The van der Waals surface area contributed by atoms with E-state index in [1.165, 1.54) is 0 Å². The highest BCUT2D eigenvalue weighted by atomic mass is 19.4. The van der Waals surface area contributed by atoms with Crippen LogP contribution < -0.4 is 0 Å². The molecule has 88 valence electrons. The van der Waals surface area contributed by atoms with Crippen LogP contribution in [0.15, 0.2) is 30.8 Å². The van der Waals surface area contributed by atoms with Gasteiger partial charge in [-0.15, -0.1) is 0 Å². The molecule has 1 unspecified atom stereocenters. The zero-order chi connectivity index (χ0) is 12.3. The normalized spacial score (nSPS) is 13.6. The Morgan fingerprint density at radius 1 is 1.25 bits per heavy atom. The number of halogens is 3. The van der Waals surface area contributed by atoms with Gasteiger partial charge in [0.2, 0.25) is 0 Å². The summed E-state index contributed by atoms with van der Waals surface area (Å²) < 4.78 is 36.6.